The third-order valence-electron chi connectivity index (χ3n) is 4.70. The monoisotopic (exact) mass is 401 g/mol. The Morgan fingerprint density at radius 1 is 1.11 bits per heavy atom. The summed E-state index contributed by atoms with van der Waals surface area (Å²) in [4.78, 5) is 14.9. The highest BCUT2D eigenvalue weighted by Gasteiger charge is 2.26. The highest BCUT2D eigenvalue weighted by Crippen LogP contribution is 2.30. The molecule has 1 aromatic carbocycles. The van der Waals surface area contributed by atoms with Gasteiger partial charge in [0.05, 0.1) is 10.9 Å². The van der Waals surface area contributed by atoms with Crippen molar-refractivity contribution in [2.45, 2.75) is 69.8 Å². The fourth-order valence-electron chi connectivity index (χ4n) is 3.24. The van der Waals surface area contributed by atoms with Gasteiger partial charge in [-0.15, -0.1) is 10.2 Å². The number of benzene rings is 1. The second-order valence-corrected chi connectivity index (χ2v) is 9.81. The van der Waals surface area contributed by atoms with Gasteiger partial charge in [0.2, 0.25) is 11.9 Å². The van der Waals surface area contributed by atoms with E-state index in [0.717, 1.165) is 29.9 Å². The fraction of sp³-hybridized carbons (Fsp3) is 0.571. The van der Waals surface area contributed by atoms with E-state index >= 15 is 0 Å². The zero-order valence-corrected chi connectivity index (χ0v) is 18.3. The van der Waals surface area contributed by atoms with Crippen molar-refractivity contribution in [3.05, 3.63) is 29.8 Å². The summed E-state index contributed by atoms with van der Waals surface area (Å²) in [6.07, 6.45) is 3.61. The van der Waals surface area contributed by atoms with Crippen molar-refractivity contribution in [1.82, 2.24) is 20.1 Å². The molecule has 152 valence electrons. The van der Waals surface area contributed by atoms with Crippen LogP contribution in [0.4, 0.5) is 5.95 Å². The topological polar surface area (TPSA) is 63.1 Å². The molecular formula is C21H31N5OS. The molecule has 7 heteroatoms. The first-order valence-electron chi connectivity index (χ1n) is 10.0. The second-order valence-electron chi connectivity index (χ2n) is 8.50. The van der Waals surface area contributed by atoms with Gasteiger partial charge in [0.1, 0.15) is 0 Å². The van der Waals surface area contributed by atoms with Crippen LogP contribution in [0.5, 0.6) is 0 Å². The first-order chi connectivity index (χ1) is 13.2. The minimum Gasteiger partial charge on any atom is -0.351 e. The number of hydrogen-bond acceptors (Lipinski definition) is 5. The summed E-state index contributed by atoms with van der Waals surface area (Å²) < 4.78 is 2.09. The normalized spacial score (nSPS) is 16.1. The first kappa shape index (κ1) is 20.7. The number of amides is 1. The van der Waals surface area contributed by atoms with Crippen molar-refractivity contribution in [1.29, 1.82) is 0 Å². The molecule has 2 heterocycles. The number of anilines is 1. The van der Waals surface area contributed by atoms with Gasteiger partial charge in [-0.05, 0) is 66.0 Å². The van der Waals surface area contributed by atoms with E-state index in [-0.39, 0.29) is 16.7 Å². The van der Waals surface area contributed by atoms with Crippen LogP contribution in [0.2, 0.25) is 0 Å². The molecule has 1 amide bonds. The smallest absolute Gasteiger partial charge is 0.233 e. The number of thioether (sulfide) groups is 1. The van der Waals surface area contributed by atoms with Crippen LogP contribution in [0, 0.1) is 6.92 Å². The Balaban J connectivity index is 1.91. The lowest BCUT2D eigenvalue weighted by Crippen LogP contribution is -2.44. The summed E-state index contributed by atoms with van der Waals surface area (Å²) in [5.41, 5.74) is 1.99. The lowest BCUT2D eigenvalue weighted by Gasteiger charge is -2.28. The van der Waals surface area contributed by atoms with E-state index in [1.807, 2.05) is 27.7 Å². The third kappa shape index (κ3) is 5.07. The van der Waals surface area contributed by atoms with Gasteiger partial charge in [-0.3, -0.25) is 9.36 Å². The number of rotatable bonds is 5. The van der Waals surface area contributed by atoms with Crippen molar-refractivity contribution >= 4 is 23.6 Å². The molecule has 0 radical (unpaired) electrons. The van der Waals surface area contributed by atoms with Crippen molar-refractivity contribution in [3.8, 4) is 5.69 Å². The molecule has 3 rings (SSSR count). The molecule has 1 N–H and O–H groups in total. The second kappa shape index (κ2) is 8.55. The molecule has 0 spiro atoms. The van der Waals surface area contributed by atoms with Gasteiger partial charge >= 0.3 is 0 Å². The number of nitrogens with zero attached hydrogens (tertiary/aromatic N) is 4. The molecule has 1 fully saturated rings. The highest BCUT2D eigenvalue weighted by atomic mass is 32.2. The fourth-order valence-corrected chi connectivity index (χ4v) is 4.10. The van der Waals surface area contributed by atoms with Crippen LogP contribution in [0.1, 0.15) is 52.5 Å². The van der Waals surface area contributed by atoms with Crippen LogP contribution in [0.15, 0.2) is 29.4 Å². The van der Waals surface area contributed by atoms with Gasteiger partial charge in [-0.2, -0.15) is 0 Å². The van der Waals surface area contributed by atoms with Crippen molar-refractivity contribution in [2.75, 3.05) is 18.0 Å². The van der Waals surface area contributed by atoms with Crippen LogP contribution >= 0.6 is 11.8 Å². The van der Waals surface area contributed by atoms with Gasteiger partial charge in [-0.1, -0.05) is 29.5 Å². The zero-order chi connectivity index (χ0) is 20.3. The Hall–Kier alpha value is -2.02. The summed E-state index contributed by atoms with van der Waals surface area (Å²) >= 11 is 1.45. The maximum Gasteiger partial charge on any atom is 0.233 e. The molecule has 1 aliphatic heterocycles. The Bertz CT molecular complexity index is 803. The van der Waals surface area contributed by atoms with Gasteiger partial charge in [0, 0.05) is 18.6 Å². The number of aromatic nitrogens is 3. The Morgan fingerprint density at radius 2 is 1.75 bits per heavy atom. The van der Waals surface area contributed by atoms with E-state index in [1.54, 1.807) is 0 Å². The standard InChI is InChI=1S/C21H31N5OS/c1-15-9-11-17(12-10-15)26-19(25-13-7-6-8-14-25)23-24-20(26)28-16(2)18(27)22-21(3,4)5/h9-12,16H,6-8,13-14H2,1-5H3,(H,22,27)/t16-/m1/s1. The van der Waals surface area contributed by atoms with Crippen LogP contribution in [0.3, 0.4) is 0 Å². The van der Waals surface area contributed by atoms with Gasteiger partial charge in [0.15, 0.2) is 5.16 Å². The third-order valence-corrected chi connectivity index (χ3v) is 5.74. The van der Waals surface area contributed by atoms with Crippen molar-refractivity contribution in [2.24, 2.45) is 0 Å². The molecule has 1 atom stereocenters. The van der Waals surface area contributed by atoms with Crippen LogP contribution in [-0.2, 0) is 4.79 Å². The lowest BCUT2D eigenvalue weighted by atomic mass is 10.1. The average Bonchev–Trinajstić information content (AvgIpc) is 3.05. The number of nitrogens with one attached hydrogen (secondary N) is 1. The molecule has 1 aromatic heterocycles. The number of hydrogen-bond donors (Lipinski definition) is 1. The molecule has 2 aromatic rings. The van der Waals surface area contributed by atoms with Gasteiger partial charge in [-0.25, -0.2) is 0 Å². The minimum absolute atomic E-state index is 0.00970. The molecule has 0 saturated carbocycles. The number of carbonyl (C=O) groups excluding carboxylic acids is 1. The molecule has 6 nitrogen and oxygen atoms in total. The van der Waals surface area contributed by atoms with Crippen LogP contribution in [0.25, 0.3) is 5.69 Å². The van der Waals surface area contributed by atoms with Crippen LogP contribution in [-0.4, -0.2) is 44.6 Å². The summed E-state index contributed by atoms with van der Waals surface area (Å²) in [5, 5.41) is 12.5. The Labute approximate surface area is 172 Å². The van der Waals surface area contributed by atoms with E-state index in [4.69, 9.17) is 0 Å². The first-order valence-corrected chi connectivity index (χ1v) is 10.9. The molecule has 0 aliphatic carbocycles. The van der Waals surface area contributed by atoms with E-state index in [9.17, 15) is 4.79 Å². The summed E-state index contributed by atoms with van der Waals surface area (Å²) in [6.45, 7) is 12.0. The molecular weight excluding hydrogens is 370 g/mol. The van der Waals surface area contributed by atoms with Crippen molar-refractivity contribution in [3.63, 3.8) is 0 Å². The molecule has 1 saturated heterocycles. The average molecular weight is 402 g/mol. The predicted molar refractivity (Wildman–Crippen MR) is 115 cm³/mol. The Kier molecular flexibility index (Phi) is 6.33. The van der Waals surface area contributed by atoms with Gasteiger partial charge < -0.3 is 10.2 Å². The van der Waals surface area contributed by atoms with E-state index in [2.05, 4.69) is 56.2 Å². The Morgan fingerprint density at radius 3 is 2.36 bits per heavy atom. The summed E-state index contributed by atoms with van der Waals surface area (Å²) in [5.74, 6) is 0.880. The predicted octanol–water partition coefficient (Wildman–Crippen LogP) is 3.96. The van der Waals surface area contributed by atoms with E-state index < -0.39 is 0 Å². The number of piperidine rings is 1. The lowest BCUT2D eigenvalue weighted by molar-refractivity contribution is -0.121. The maximum absolute atomic E-state index is 12.6. The summed E-state index contributed by atoms with van der Waals surface area (Å²) in [7, 11) is 0. The maximum atomic E-state index is 12.6. The zero-order valence-electron chi connectivity index (χ0n) is 17.5. The molecule has 28 heavy (non-hydrogen) atoms. The summed E-state index contributed by atoms with van der Waals surface area (Å²) in [6, 6.07) is 8.38. The highest BCUT2D eigenvalue weighted by molar-refractivity contribution is 8.00. The minimum atomic E-state index is -0.262. The molecule has 0 unspecified atom stereocenters. The van der Waals surface area contributed by atoms with Gasteiger partial charge in [0.25, 0.3) is 0 Å². The quantitative estimate of drug-likeness (QED) is 0.769. The van der Waals surface area contributed by atoms with Crippen LogP contribution < -0.4 is 10.2 Å². The van der Waals surface area contributed by atoms with E-state index in [0.29, 0.717) is 0 Å². The molecule has 1 aliphatic rings. The van der Waals surface area contributed by atoms with Crippen molar-refractivity contribution < 1.29 is 4.79 Å². The number of aryl methyl sites for hydroxylation is 1. The largest absolute Gasteiger partial charge is 0.351 e. The number of carbonyl (C=O) groups is 1. The molecule has 0 bridgehead atoms. The van der Waals surface area contributed by atoms with E-state index in [1.165, 1.54) is 36.6 Å². The SMILES string of the molecule is Cc1ccc(-n2c(S[C@H](C)C(=O)NC(C)(C)C)nnc2N2CCCCC2)cc1.